The smallest absolute Gasteiger partial charge is 0.255 e. The van der Waals surface area contributed by atoms with Crippen LogP contribution >= 0.6 is 0 Å². The molecule has 0 radical (unpaired) electrons. The van der Waals surface area contributed by atoms with E-state index in [1.165, 1.54) is 31.1 Å². The first-order valence-corrected chi connectivity index (χ1v) is 14.0. The molecule has 5 atom stereocenters. The molecule has 1 heterocycles. The molecule has 15 nitrogen and oxygen atoms in total. The molecule has 1 aromatic carbocycles. The number of carbonyl (C=O) groups excluding carboxylic acids is 4. The third kappa shape index (κ3) is 4.06. The van der Waals surface area contributed by atoms with Crippen molar-refractivity contribution in [2.75, 3.05) is 46.9 Å². The average Bonchev–Trinajstić information content (AvgIpc) is 2.94. The molecule has 2 amide bonds. The Morgan fingerprint density at radius 3 is 2.43 bits per heavy atom. The number of likely N-dealkylation sites (N-methyl/N-ethyl adjacent to an activating group) is 1. The van der Waals surface area contributed by atoms with Crippen molar-refractivity contribution in [3.63, 3.8) is 0 Å². The summed E-state index contributed by atoms with van der Waals surface area (Å²) in [5.41, 5.74) is 10.6. The van der Waals surface area contributed by atoms with Crippen LogP contribution in [0.15, 0.2) is 35.1 Å². The summed E-state index contributed by atoms with van der Waals surface area (Å²) < 4.78 is 5.35. The van der Waals surface area contributed by atoms with E-state index >= 15 is 0 Å². The third-order valence-corrected chi connectivity index (χ3v) is 9.29. The van der Waals surface area contributed by atoms with Gasteiger partial charge in [-0.2, -0.15) is 5.26 Å². The van der Waals surface area contributed by atoms with Crippen molar-refractivity contribution >= 4 is 29.1 Å². The van der Waals surface area contributed by atoms with Gasteiger partial charge in [-0.25, -0.2) is 0 Å². The predicted octanol–water partition coefficient (Wildman–Crippen LogP) is -2.28. The van der Waals surface area contributed by atoms with E-state index in [9.17, 15) is 39.8 Å². The topological polar surface area (TPSA) is 259 Å². The fourth-order valence-electron chi connectivity index (χ4n) is 7.35. The van der Waals surface area contributed by atoms with Gasteiger partial charge in [0, 0.05) is 26.1 Å². The molecule has 4 aliphatic rings. The van der Waals surface area contributed by atoms with Crippen LogP contribution in [0.2, 0.25) is 0 Å². The fraction of sp³-hybridized carbons (Fsp3) is 0.483. The maximum absolute atomic E-state index is 14.6. The third-order valence-electron chi connectivity index (χ3n) is 9.29. The van der Waals surface area contributed by atoms with Gasteiger partial charge in [-0.1, -0.05) is 12.1 Å². The van der Waals surface area contributed by atoms with Crippen molar-refractivity contribution in [2.24, 2.45) is 22.6 Å². The molecule has 234 valence electrons. The Bertz CT molecular complexity index is 1580. The first-order chi connectivity index (χ1) is 20.7. The van der Waals surface area contributed by atoms with Gasteiger partial charge in [0.05, 0.1) is 53.6 Å². The molecule has 15 heteroatoms. The normalized spacial score (nSPS) is 32.1. The van der Waals surface area contributed by atoms with Gasteiger partial charge >= 0.3 is 0 Å². The number of amides is 2. The van der Waals surface area contributed by atoms with Gasteiger partial charge < -0.3 is 42.6 Å². The molecule has 44 heavy (non-hydrogen) atoms. The Balaban J connectivity index is 1.78. The predicted molar refractivity (Wildman–Crippen MR) is 153 cm³/mol. The second kappa shape index (κ2) is 10.7. The minimum atomic E-state index is -2.93. The highest BCUT2D eigenvalue weighted by Crippen LogP contribution is 2.58. The van der Waals surface area contributed by atoms with Crippen LogP contribution in [0.25, 0.3) is 5.76 Å². The molecule has 0 unspecified atom stereocenters. The zero-order chi connectivity index (χ0) is 32.4. The Morgan fingerprint density at radius 1 is 1.18 bits per heavy atom. The number of Topliss-reactive ketones (excluding diaryl/α,β-unsaturated/α-hetero) is 2. The summed E-state index contributed by atoms with van der Waals surface area (Å²) in [6.07, 6.45) is -0.355. The second-order valence-electron chi connectivity index (χ2n) is 11.9. The minimum absolute atomic E-state index is 0.0759. The van der Waals surface area contributed by atoms with Crippen molar-refractivity contribution in [3.8, 4) is 11.8 Å². The SMILES string of the molecule is CN(C)[C@@H]1C(=O)C(C(N)=O)=C(O)[C@@]2(C#N)C(=O)C3=C(O)c4c(O)cccc4C[C@@]3(N)[C@H](NC(=O)CCN3CCOCC3)[C@@]12N. The van der Waals surface area contributed by atoms with Crippen molar-refractivity contribution in [1.29, 1.82) is 5.26 Å². The van der Waals surface area contributed by atoms with Crippen molar-refractivity contribution in [3.05, 3.63) is 46.2 Å². The van der Waals surface area contributed by atoms with Crippen LogP contribution in [0.1, 0.15) is 17.5 Å². The highest BCUT2D eigenvalue weighted by atomic mass is 16.5. The number of rotatable bonds is 6. The van der Waals surface area contributed by atoms with Crippen LogP contribution in [0.3, 0.4) is 0 Å². The van der Waals surface area contributed by atoms with Crippen LogP contribution in [0, 0.1) is 16.7 Å². The molecule has 5 rings (SSSR count). The van der Waals surface area contributed by atoms with Gasteiger partial charge in [0.2, 0.25) is 5.91 Å². The molecular formula is C29H35N7O8. The lowest BCUT2D eigenvalue weighted by Crippen LogP contribution is -2.89. The number of aliphatic hydroxyl groups is 2. The molecule has 10 N–H and O–H groups in total. The second-order valence-corrected chi connectivity index (χ2v) is 11.9. The number of aromatic hydroxyl groups is 1. The average molecular weight is 610 g/mol. The van der Waals surface area contributed by atoms with E-state index in [1.54, 1.807) is 12.1 Å². The van der Waals surface area contributed by atoms with E-state index in [4.69, 9.17) is 21.9 Å². The molecule has 0 aromatic heterocycles. The van der Waals surface area contributed by atoms with Crippen LogP contribution in [0.5, 0.6) is 5.75 Å². The summed E-state index contributed by atoms with van der Waals surface area (Å²) in [4.78, 5) is 57.9. The van der Waals surface area contributed by atoms with E-state index in [-0.39, 0.29) is 18.4 Å². The number of aliphatic hydroxyl groups excluding tert-OH is 2. The molecule has 2 fully saturated rings. The largest absolute Gasteiger partial charge is 0.509 e. The highest BCUT2D eigenvalue weighted by Gasteiger charge is 2.78. The number of phenols is 1. The van der Waals surface area contributed by atoms with Crippen molar-refractivity contribution in [1.82, 2.24) is 15.1 Å². The van der Waals surface area contributed by atoms with Gasteiger partial charge in [-0.3, -0.25) is 29.0 Å². The van der Waals surface area contributed by atoms with E-state index < -0.39 is 80.4 Å². The summed E-state index contributed by atoms with van der Waals surface area (Å²) >= 11 is 0. The lowest BCUT2D eigenvalue weighted by molar-refractivity contribution is -0.144. The number of phenolic OH excluding ortho intramolecular Hbond substituents is 1. The molecule has 1 aromatic rings. The van der Waals surface area contributed by atoms with E-state index in [0.29, 0.717) is 38.4 Å². The van der Waals surface area contributed by atoms with Gasteiger partial charge in [0.1, 0.15) is 22.8 Å². The number of nitrogens with zero attached hydrogens (tertiary/aromatic N) is 3. The zero-order valence-electron chi connectivity index (χ0n) is 24.3. The summed E-state index contributed by atoms with van der Waals surface area (Å²) in [5.74, 6) is -6.90. The standard InChI is InChI=1S/C29H35N7O8/c1-35(2)22-21(40)18(25(31)43)23(41)27(13-30)24(42)19-20(39)17-14(4-3-5-15(17)37)12-28(19,32)26(29(22,27)33)34-16(38)6-7-36-8-10-44-11-9-36/h3-5,22,26,37,39,41H,6-12,32-33H2,1-2H3,(H2,31,43)(H,34,38)/t22-,26+,27+,28+,29+/m1/s1. The fourth-order valence-corrected chi connectivity index (χ4v) is 7.35. The number of nitrogens with two attached hydrogens (primary N) is 3. The van der Waals surface area contributed by atoms with Crippen LogP contribution in [0.4, 0.5) is 0 Å². The number of benzene rings is 1. The number of carbonyl (C=O) groups is 4. The lowest BCUT2D eigenvalue weighted by atomic mass is 9.44. The number of hydrogen-bond donors (Lipinski definition) is 7. The quantitative estimate of drug-likeness (QED) is 0.168. The summed E-state index contributed by atoms with van der Waals surface area (Å²) in [5, 5.41) is 47.2. The number of ketones is 2. The number of primary amides is 1. The number of fused-ring (bicyclic) bond motifs is 3. The van der Waals surface area contributed by atoms with E-state index in [1.807, 2.05) is 4.90 Å². The highest BCUT2D eigenvalue weighted by molar-refractivity contribution is 6.26. The number of nitrogens with one attached hydrogen (secondary N) is 1. The molecule has 0 bridgehead atoms. The molecule has 1 aliphatic heterocycles. The van der Waals surface area contributed by atoms with E-state index in [2.05, 4.69) is 5.32 Å². The Hall–Kier alpha value is -4.33. The molecule has 0 spiro atoms. The summed E-state index contributed by atoms with van der Waals surface area (Å²) in [6, 6.07) is 2.69. The Morgan fingerprint density at radius 2 is 1.84 bits per heavy atom. The zero-order valence-corrected chi connectivity index (χ0v) is 24.3. The van der Waals surface area contributed by atoms with E-state index in [0.717, 1.165) is 0 Å². The summed E-state index contributed by atoms with van der Waals surface area (Å²) in [6.45, 7) is 2.50. The number of nitriles is 1. The van der Waals surface area contributed by atoms with Crippen LogP contribution in [-0.4, -0.2) is 119 Å². The Kier molecular flexibility index (Phi) is 7.55. The van der Waals surface area contributed by atoms with Gasteiger partial charge in [-0.05, 0) is 32.1 Å². The number of morpholine rings is 1. The first kappa shape index (κ1) is 31.1. The molecular weight excluding hydrogens is 574 g/mol. The first-order valence-electron chi connectivity index (χ1n) is 14.0. The Labute approximate surface area is 252 Å². The van der Waals surface area contributed by atoms with Crippen LogP contribution < -0.4 is 22.5 Å². The molecule has 1 saturated heterocycles. The maximum Gasteiger partial charge on any atom is 0.255 e. The van der Waals surface area contributed by atoms with Crippen LogP contribution in [-0.2, 0) is 30.3 Å². The molecule has 3 aliphatic carbocycles. The monoisotopic (exact) mass is 609 g/mol. The molecule has 1 saturated carbocycles. The number of hydrogen-bond acceptors (Lipinski definition) is 13. The maximum atomic E-state index is 14.6. The minimum Gasteiger partial charge on any atom is -0.509 e. The van der Waals surface area contributed by atoms with Crippen molar-refractivity contribution in [2.45, 2.75) is 36.0 Å². The lowest BCUT2D eigenvalue weighted by Gasteiger charge is -2.62. The van der Waals surface area contributed by atoms with Crippen molar-refractivity contribution < 1.29 is 39.2 Å². The number of ether oxygens (including phenoxy) is 1. The summed E-state index contributed by atoms with van der Waals surface area (Å²) in [7, 11) is 2.81. The van der Waals surface area contributed by atoms with Gasteiger partial charge in [-0.15, -0.1) is 0 Å². The van der Waals surface area contributed by atoms with Gasteiger partial charge in [0.15, 0.2) is 17.0 Å². The van der Waals surface area contributed by atoms with Gasteiger partial charge in [0.25, 0.3) is 5.91 Å².